The number of nitrogens with zero attached hydrogens (tertiary/aromatic N) is 3. The second kappa shape index (κ2) is 5.62. The number of aromatic nitrogens is 3. The number of alkyl halides is 3. The van der Waals surface area contributed by atoms with Gasteiger partial charge in [-0.1, -0.05) is 6.92 Å². The van der Waals surface area contributed by atoms with Crippen molar-refractivity contribution in [1.82, 2.24) is 20.1 Å². The van der Waals surface area contributed by atoms with Crippen molar-refractivity contribution in [1.29, 1.82) is 0 Å². The molecule has 2 rings (SSSR count). The first kappa shape index (κ1) is 14.5. The van der Waals surface area contributed by atoms with Gasteiger partial charge >= 0.3 is 6.18 Å². The Morgan fingerprint density at radius 1 is 1.40 bits per heavy atom. The topological polar surface area (TPSA) is 42.7 Å². The largest absolute Gasteiger partial charge is 0.419 e. The number of nitrogens with one attached hydrogen (secondary N) is 1. The van der Waals surface area contributed by atoms with Crippen LogP contribution in [-0.2, 0) is 6.18 Å². The van der Waals surface area contributed by atoms with Crippen LogP contribution in [0.5, 0.6) is 0 Å². The van der Waals surface area contributed by atoms with Crippen LogP contribution in [-0.4, -0.2) is 21.3 Å². The van der Waals surface area contributed by atoms with E-state index in [1.807, 2.05) is 19.9 Å². The smallest absolute Gasteiger partial charge is 0.310 e. The summed E-state index contributed by atoms with van der Waals surface area (Å²) in [5.41, 5.74) is 0.158. The molecule has 0 radical (unpaired) electrons. The molecule has 0 fully saturated rings. The molecule has 1 N–H and O–H groups in total. The maximum absolute atomic E-state index is 12.5. The molecule has 2 aromatic heterocycles. The molecule has 0 amide bonds. The highest BCUT2D eigenvalue weighted by molar-refractivity contribution is 5.30. The predicted octanol–water partition coefficient (Wildman–Crippen LogP) is 2.96. The molecule has 0 aliphatic heterocycles. The zero-order chi connectivity index (χ0) is 14.8. The summed E-state index contributed by atoms with van der Waals surface area (Å²) in [7, 11) is 0. The fourth-order valence-corrected chi connectivity index (χ4v) is 1.85. The van der Waals surface area contributed by atoms with E-state index in [4.69, 9.17) is 0 Å². The molecule has 2 heterocycles. The summed E-state index contributed by atoms with van der Waals surface area (Å²) in [6, 6.07) is 3.64. The van der Waals surface area contributed by atoms with E-state index in [0.29, 0.717) is 5.82 Å². The van der Waals surface area contributed by atoms with Gasteiger partial charge in [-0.25, -0.2) is 9.67 Å². The Hall–Kier alpha value is -1.89. The predicted molar refractivity (Wildman–Crippen MR) is 68.5 cm³/mol. The molecule has 0 aliphatic rings. The van der Waals surface area contributed by atoms with Crippen LogP contribution >= 0.6 is 0 Å². The van der Waals surface area contributed by atoms with Gasteiger partial charge in [0.2, 0.25) is 0 Å². The lowest BCUT2D eigenvalue weighted by molar-refractivity contribution is -0.137. The lowest BCUT2D eigenvalue weighted by Crippen LogP contribution is -2.18. The molecule has 4 nitrogen and oxygen atoms in total. The van der Waals surface area contributed by atoms with Crippen LogP contribution < -0.4 is 5.32 Å². The first-order chi connectivity index (χ1) is 9.41. The molecule has 1 atom stereocenters. The van der Waals surface area contributed by atoms with Gasteiger partial charge in [-0.2, -0.15) is 18.3 Å². The lowest BCUT2D eigenvalue weighted by Gasteiger charge is -2.13. The highest BCUT2D eigenvalue weighted by atomic mass is 19.4. The zero-order valence-electron chi connectivity index (χ0n) is 11.1. The third kappa shape index (κ3) is 3.16. The maximum Gasteiger partial charge on any atom is 0.419 e. The standard InChI is InChI=1S/C13H15F3N4/c1-3-17-9(2)10-4-5-18-12(6-10)20-8-11(7-19-20)13(14,15)16/h4-9,17H,3H2,1-2H3. The summed E-state index contributed by atoms with van der Waals surface area (Å²) in [5, 5.41) is 6.95. The fraction of sp³-hybridized carbons (Fsp3) is 0.385. The molecule has 0 aliphatic carbocycles. The highest BCUT2D eigenvalue weighted by Crippen LogP contribution is 2.29. The molecular weight excluding hydrogens is 269 g/mol. The second-order valence-corrected chi connectivity index (χ2v) is 4.40. The van der Waals surface area contributed by atoms with Gasteiger partial charge in [-0.3, -0.25) is 0 Å². The molecule has 20 heavy (non-hydrogen) atoms. The quantitative estimate of drug-likeness (QED) is 0.938. The summed E-state index contributed by atoms with van der Waals surface area (Å²) in [5.74, 6) is 0.364. The van der Waals surface area contributed by atoms with Gasteiger partial charge in [0.25, 0.3) is 0 Å². The second-order valence-electron chi connectivity index (χ2n) is 4.40. The van der Waals surface area contributed by atoms with Gasteiger partial charge in [-0.15, -0.1) is 0 Å². The van der Waals surface area contributed by atoms with Gasteiger partial charge in [0.1, 0.15) is 0 Å². The molecule has 108 valence electrons. The van der Waals surface area contributed by atoms with Gasteiger partial charge in [0.05, 0.1) is 11.8 Å². The summed E-state index contributed by atoms with van der Waals surface area (Å²) in [6.45, 7) is 4.77. The number of pyridine rings is 1. The van der Waals surface area contributed by atoms with Crippen LogP contribution in [0.1, 0.15) is 31.0 Å². The Balaban J connectivity index is 2.29. The van der Waals surface area contributed by atoms with Crippen LogP contribution in [0, 0.1) is 0 Å². The van der Waals surface area contributed by atoms with Crippen molar-refractivity contribution in [3.8, 4) is 5.82 Å². The summed E-state index contributed by atoms with van der Waals surface area (Å²) in [6.07, 6.45) is -1.10. The van der Waals surface area contributed by atoms with E-state index in [1.165, 1.54) is 0 Å². The van der Waals surface area contributed by atoms with Crippen molar-refractivity contribution in [2.45, 2.75) is 26.1 Å². The van der Waals surface area contributed by atoms with E-state index in [0.717, 1.165) is 29.2 Å². The molecule has 0 saturated heterocycles. The van der Waals surface area contributed by atoms with Gasteiger partial charge in [0, 0.05) is 18.4 Å². The molecule has 2 aromatic rings. The van der Waals surface area contributed by atoms with E-state index >= 15 is 0 Å². The Morgan fingerprint density at radius 3 is 2.75 bits per heavy atom. The summed E-state index contributed by atoms with van der Waals surface area (Å²) in [4.78, 5) is 4.05. The Kier molecular flexibility index (Phi) is 4.08. The minimum absolute atomic E-state index is 0.0967. The Morgan fingerprint density at radius 2 is 2.15 bits per heavy atom. The van der Waals surface area contributed by atoms with Crippen molar-refractivity contribution in [2.75, 3.05) is 6.54 Å². The number of halogens is 3. The van der Waals surface area contributed by atoms with E-state index in [1.54, 1.807) is 12.3 Å². The minimum atomic E-state index is -4.40. The van der Waals surface area contributed by atoms with E-state index in [-0.39, 0.29) is 6.04 Å². The van der Waals surface area contributed by atoms with Gasteiger partial charge in [0.15, 0.2) is 5.82 Å². The molecule has 7 heteroatoms. The molecule has 0 bridgehead atoms. The number of hydrogen-bond acceptors (Lipinski definition) is 3. The Labute approximate surface area is 114 Å². The molecule has 0 saturated carbocycles. The van der Waals surface area contributed by atoms with Crippen LogP contribution in [0.15, 0.2) is 30.7 Å². The molecule has 1 unspecified atom stereocenters. The number of hydrogen-bond donors (Lipinski definition) is 1. The third-order valence-electron chi connectivity index (χ3n) is 2.92. The van der Waals surface area contributed by atoms with Gasteiger partial charge in [-0.05, 0) is 31.2 Å². The van der Waals surface area contributed by atoms with Crippen molar-refractivity contribution in [3.63, 3.8) is 0 Å². The normalized spacial score (nSPS) is 13.4. The average molecular weight is 284 g/mol. The maximum atomic E-state index is 12.5. The van der Waals surface area contributed by atoms with Crippen LogP contribution in [0.2, 0.25) is 0 Å². The Bertz CT molecular complexity index is 577. The van der Waals surface area contributed by atoms with Crippen molar-refractivity contribution >= 4 is 0 Å². The molecule has 0 aromatic carbocycles. The average Bonchev–Trinajstić information content (AvgIpc) is 2.89. The fourth-order valence-electron chi connectivity index (χ4n) is 1.85. The van der Waals surface area contributed by atoms with Gasteiger partial charge < -0.3 is 5.32 Å². The number of rotatable bonds is 4. The zero-order valence-corrected chi connectivity index (χ0v) is 11.1. The van der Waals surface area contributed by atoms with Crippen LogP contribution in [0.4, 0.5) is 13.2 Å². The first-order valence-electron chi connectivity index (χ1n) is 6.23. The van der Waals surface area contributed by atoms with Crippen molar-refractivity contribution < 1.29 is 13.2 Å². The third-order valence-corrected chi connectivity index (χ3v) is 2.92. The monoisotopic (exact) mass is 284 g/mol. The van der Waals surface area contributed by atoms with Crippen LogP contribution in [0.25, 0.3) is 5.82 Å². The molecular formula is C13H15F3N4. The van der Waals surface area contributed by atoms with E-state index in [9.17, 15) is 13.2 Å². The van der Waals surface area contributed by atoms with Crippen molar-refractivity contribution in [3.05, 3.63) is 41.9 Å². The highest BCUT2D eigenvalue weighted by Gasteiger charge is 2.32. The van der Waals surface area contributed by atoms with E-state index < -0.39 is 11.7 Å². The molecule has 0 spiro atoms. The van der Waals surface area contributed by atoms with Crippen molar-refractivity contribution in [2.24, 2.45) is 0 Å². The van der Waals surface area contributed by atoms with E-state index in [2.05, 4.69) is 15.4 Å². The SMILES string of the molecule is CCNC(C)c1ccnc(-n2cc(C(F)(F)F)cn2)c1. The first-order valence-corrected chi connectivity index (χ1v) is 6.23. The summed E-state index contributed by atoms with van der Waals surface area (Å²) < 4.78 is 38.8. The minimum Gasteiger partial charge on any atom is -0.310 e. The van der Waals surface area contributed by atoms with Crippen LogP contribution in [0.3, 0.4) is 0 Å². The lowest BCUT2D eigenvalue weighted by atomic mass is 10.1. The summed E-state index contributed by atoms with van der Waals surface area (Å²) >= 11 is 0.